The molecule has 1 unspecified atom stereocenters. The first-order chi connectivity index (χ1) is 21.8. The Morgan fingerprint density at radius 3 is 1.93 bits per heavy atom. The average Bonchev–Trinajstić information content (AvgIpc) is 3.41. The summed E-state index contributed by atoms with van der Waals surface area (Å²) in [5.41, 5.74) is 16.9. The SMILES string of the molecule is C=C(C)C(=CC)C(=C)C.CC1CCC(=O)C1.CCCC.CCc1cc(-c2cccc(-c3cccc(N)c3C)c2S)cc(F)c1CC. The predicted octanol–water partition coefficient (Wildman–Crippen LogP) is 12.7. The Balaban J connectivity index is 0.000000429. The molecule has 3 aromatic carbocycles. The van der Waals surface area contributed by atoms with Gasteiger partial charge in [-0.3, -0.25) is 4.79 Å². The van der Waals surface area contributed by atoms with E-state index in [9.17, 15) is 9.18 Å². The molecule has 0 radical (unpaired) electrons. The number of carbonyl (C=O) groups is 1. The number of hydrogen-bond acceptors (Lipinski definition) is 3. The quantitative estimate of drug-likeness (QED) is 0.153. The zero-order valence-corrected chi connectivity index (χ0v) is 30.8. The van der Waals surface area contributed by atoms with E-state index in [0.717, 1.165) is 86.4 Å². The number of ketones is 1. The average molecular weight is 644 g/mol. The summed E-state index contributed by atoms with van der Waals surface area (Å²) in [5, 5.41) is 0. The van der Waals surface area contributed by atoms with Crippen LogP contribution in [0.1, 0.15) is 104 Å². The van der Waals surface area contributed by atoms with Gasteiger partial charge in [-0.25, -0.2) is 4.39 Å². The van der Waals surface area contributed by atoms with Gasteiger partial charge in [-0.1, -0.05) is 114 Å². The molecule has 0 heterocycles. The summed E-state index contributed by atoms with van der Waals surface area (Å²) < 4.78 is 14.6. The lowest BCUT2D eigenvalue weighted by Crippen LogP contribution is -1.98. The molecule has 3 aromatic rings. The summed E-state index contributed by atoms with van der Waals surface area (Å²) in [7, 11) is 0. The molecular weight excluding hydrogens is 586 g/mol. The molecule has 0 amide bonds. The molecule has 46 heavy (non-hydrogen) atoms. The molecule has 1 aliphatic carbocycles. The number of nitrogens with two attached hydrogens (primary N) is 1. The summed E-state index contributed by atoms with van der Waals surface area (Å²) in [6.07, 6.45) is 8.97. The third-order valence-corrected chi connectivity index (χ3v) is 8.72. The highest BCUT2D eigenvalue weighted by molar-refractivity contribution is 7.80. The van der Waals surface area contributed by atoms with Crippen molar-refractivity contribution in [1.82, 2.24) is 0 Å². The molecule has 2 nitrogen and oxygen atoms in total. The van der Waals surface area contributed by atoms with Crippen LogP contribution in [0.3, 0.4) is 0 Å². The van der Waals surface area contributed by atoms with Gasteiger partial charge in [0, 0.05) is 23.4 Å². The first-order valence-corrected chi connectivity index (χ1v) is 17.2. The van der Waals surface area contributed by atoms with Crippen molar-refractivity contribution >= 4 is 24.1 Å². The van der Waals surface area contributed by atoms with Crippen LogP contribution in [0.2, 0.25) is 0 Å². The monoisotopic (exact) mass is 643 g/mol. The van der Waals surface area contributed by atoms with Crippen LogP contribution in [0.25, 0.3) is 22.3 Å². The van der Waals surface area contributed by atoms with Crippen LogP contribution in [-0.2, 0) is 17.6 Å². The summed E-state index contributed by atoms with van der Waals surface area (Å²) in [6, 6.07) is 15.6. The van der Waals surface area contributed by atoms with Gasteiger partial charge in [0.15, 0.2) is 0 Å². The second kappa shape index (κ2) is 20.7. The summed E-state index contributed by atoms with van der Waals surface area (Å²) >= 11 is 4.80. The Hall–Kier alpha value is -3.37. The van der Waals surface area contributed by atoms with E-state index in [1.807, 2.05) is 77.1 Å². The van der Waals surface area contributed by atoms with Crippen molar-refractivity contribution in [1.29, 1.82) is 0 Å². The van der Waals surface area contributed by atoms with E-state index in [2.05, 4.69) is 46.9 Å². The Morgan fingerprint density at radius 2 is 1.52 bits per heavy atom. The molecule has 0 aliphatic heterocycles. The summed E-state index contributed by atoms with van der Waals surface area (Å²) in [4.78, 5) is 11.3. The number of Topliss-reactive ketones (excluding diaryl/α,β-unsaturated/α-hetero) is 1. The Labute approximate surface area is 285 Å². The van der Waals surface area contributed by atoms with Crippen molar-refractivity contribution in [2.24, 2.45) is 5.92 Å². The van der Waals surface area contributed by atoms with E-state index < -0.39 is 0 Å². The Bertz CT molecular complexity index is 1480. The second-order valence-corrected chi connectivity index (χ2v) is 12.6. The van der Waals surface area contributed by atoms with Crippen molar-refractivity contribution in [2.75, 3.05) is 5.73 Å². The maximum Gasteiger partial charge on any atom is 0.133 e. The molecule has 0 aromatic heterocycles. The van der Waals surface area contributed by atoms with Crippen molar-refractivity contribution in [3.63, 3.8) is 0 Å². The third kappa shape index (κ3) is 12.1. The van der Waals surface area contributed by atoms with Crippen molar-refractivity contribution in [3.05, 3.63) is 107 Å². The highest BCUT2D eigenvalue weighted by Gasteiger charge is 2.17. The second-order valence-electron chi connectivity index (χ2n) is 12.2. The van der Waals surface area contributed by atoms with Crippen molar-refractivity contribution in [2.45, 2.75) is 112 Å². The van der Waals surface area contributed by atoms with E-state index in [1.54, 1.807) is 6.07 Å². The zero-order valence-electron chi connectivity index (χ0n) is 29.9. The molecule has 250 valence electrons. The Morgan fingerprint density at radius 1 is 0.957 bits per heavy atom. The molecule has 1 aliphatic rings. The first-order valence-electron chi connectivity index (χ1n) is 16.8. The van der Waals surface area contributed by atoms with Crippen LogP contribution in [-0.4, -0.2) is 5.78 Å². The number of anilines is 1. The number of aryl methyl sites for hydroxylation is 1. The maximum absolute atomic E-state index is 14.6. The fourth-order valence-corrected chi connectivity index (χ4v) is 5.76. The normalized spacial score (nSPS) is 13.3. The van der Waals surface area contributed by atoms with Gasteiger partial charge in [0.2, 0.25) is 0 Å². The first kappa shape index (κ1) is 40.7. The molecule has 1 atom stereocenters. The van der Waals surface area contributed by atoms with Crippen LogP contribution < -0.4 is 5.73 Å². The fourth-order valence-electron chi connectivity index (χ4n) is 5.36. The third-order valence-electron chi connectivity index (χ3n) is 8.24. The largest absolute Gasteiger partial charge is 0.398 e. The zero-order chi connectivity index (χ0) is 35.0. The van der Waals surface area contributed by atoms with E-state index in [1.165, 1.54) is 18.4 Å². The number of carbonyl (C=O) groups excluding carboxylic acids is 1. The predicted molar refractivity (Wildman–Crippen MR) is 204 cm³/mol. The number of rotatable bonds is 7. The standard InChI is InChI=1S/C23H24FNS.C9H14.C6H10O.C4H10/c1-4-15-12-16(13-21(24)17(15)5-2)19-9-6-10-20(23(19)26)18-8-7-11-22(25)14(18)3;1-6-9(7(2)3)8(4)5;1-5-2-3-6(7)4-5;1-3-4-2/h6-13,26H,4-5,25H2,1-3H3;6H,2,4H2,1,3,5H3;5H,2-4H2,1H3;3-4H2,1-2H3. The minimum Gasteiger partial charge on any atom is -0.398 e. The van der Waals surface area contributed by atoms with E-state index in [0.29, 0.717) is 18.1 Å². The van der Waals surface area contributed by atoms with Gasteiger partial charge >= 0.3 is 0 Å². The lowest BCUT2D eigenvalue weighted by Gasteiger charge is -2.16. The van der Waals surface area contributed by atoms with Crippen LogP contribution in [0.5, 0.6) is 0 Å². The van der Waals surface area contributed by atoms with E-state index in [-0.39, 0.29) is 5.82 Å². The number of halogens is 1. The van der Waals surface area contributed by atoms with Gasteiger partial charge in [0.1, 0.15) is 11.6 Å². The van der Waals surface area contributed by atoms with Crippen LogP contribution in [0.4, 0.5) is 10.1 Å². The molecule has 0 bridgehead atoms. The number of thiol groups is 1. The smallest absolute Gasteiger partial charge is 0.133 e. The number of benzene rings is 3. The molecule has 1 saturated carbocycles. The van der Waals surface area contributed by atoms with Crippen LogP contribution >= 0.6 is 12.6 Å². The van der Waals surface area contributed by atoms with Gasteiger partial charge in [0.25, 0.3) is 0 Å². The Kier molecular flexibility index (Phi) is 18.3. The molecule has 1 fully saturated rings. The molecule has 4 rings (SSSR count). The number of hydrogen-bond donors (Lipinski definition) is 2. The van der Waals surface area contributed by atoms with Crippen LogP contribution in [0, 0.1) is 18.7 Å². The molecule has 0 spiro atoms. The van der Waals surface area contributed by atoms with E-state index >= 15 is 0 Å². The summed E-state index contributed by atoms with van der Waals surface area (Å²) in [5.74, 6) is 0.986. The van der Waals surface area contributed by atoms with Gasteiger partial charge in [-0.15, -0.1) is 12.6 Å². The lowest BCUT2D eigenvalue weighted by atomic mass is 9.92. The molecular formula is C42H58FNOS. The van der Waals surface area contributed by atoms with Crippen LogP contribution in [0.15, 0.2) is 89.4 Å². The highest BCUT2D eigenvalue weighted by atomic mass is 32.1. The minimum atomic E-state index is -0.139. The molecule has 2 N–H and O–H groups in total. The fraction of sp³-hybridized carbons (Fsp3) is 0.405. The number of nitrogen functional groups attached to an aromatic ring is 1. The lowest BCUT2D eigenvalue weighted by molar-refractivity contribution is -0.117. The van der Waals surface area contributed by atoms with Gasteiger partial charge in [-0.05, 0) is 110 Å². The molecule has 0 saturated heterocycles. The number of unbranched alkanes of at least 4 members (excludes halogenated alkanes) is 1. The topological polar surface area (TPSA) is 43.1 Å². The molecule has 4 heteroatoms. The van der Waals surface area contributed by atoms with E-state index in [4.69, 9.17) is 18.4 Å². The summed E-state index contributed by atoms with van der Waals surface area (Å²) in [6.45, 7) is 26.2. The van der Waals surface area contributed by atoms with Gasteiger partial charge in [-0.2, -0.15) is 0 Å². The van der Waals surface area contributed by atoms with Gasteiger partial charge in [0.05, 0.1) is 0 Å². The number of allylic oxidation sites excluding steroid dienone is 4. The minimum absolute atomic E-state index is 0.139. The maximum atomic E-state index is 14.6. The van der Waals surface area contributed by atoms with Gasteiger partial charge < -0.3 is 5.73 Å². The van der Waals surface area contributed by atoms with Crippen molar-refractivity contribution in [3.8, 4) is 22.3 Å². The van der Waals surface area contributed by atoms with Crippen molar-refractivity contribution < 1.29 is 9.18 Å². The highest BCUT2D eigenvalue weighted by Crippen LogP contribution is 2.38.